The average molecular weight is 487 g/mol. The Bertz CT molecular complexity index is 927. The Labute approximate surface area is 209 Å². The maximum absolute atomic E-state index is 12.7. The van der Waals surface area contributed by atoms with E-state index in [-0.39, 0.29) is 11.8 Å². The van der Waals surface area contributed by atoms with Crippen molar-refractivity contribution in [2.75, 3.05) is 39.3 Å². The summed E-state index contributed by atoms with van der Waals surface area (Å²) in [6.07, 6.45) is 4.17. The molecular formula is C27H39ClN4O2. The van der Waals surface area contributed by atoms with Crippen molar-refractivity contribution in [2.45, 2.75) is 53.0 Å². The van der Waals surface area contributed by atoms with Crippen molar-refractivity contribution in [1.82, 2.24) is 20.1 Å². The smallest absolute Gasteiger partial charge is 0.226 e. The number of halogens is 1. The Balaban J connectivity index is 1.17. The highest BCUT2D eigenvalue weighted by Crippen LogP contribution is 2.26. The van der Waals surface area contributed by atoms with E-state index in [4.69, 9.17) is 21.0 Å². The normalized spacial score (nSPS) is 22.7. The van der Waals surface area contributed by atoms with Crippen LogP contribution in [0.25, 0.3) is 11.5 Å². The van der Waals surface area contributed by atoms with Gasteiger partial charge in [-0.15, -0.1) is 0 Å². The number of carbonyl (C=O) groups is 1. The molecule has 4 rings (SSSR count). The molecule has 2 aliphatic rings. The lowest BCUT2D eigenvalue weighted by Gasteiger charge is -2.35. The van der Waals surface area contributed by atoms with E-state index in [1.807, 2.05) is 31.2 Å². The summed E-state index contributed by atoms with van der Waals surface area (Å²) in [6.45, 7) is 13.5. The Morgan fingerprint density at radius 3 is 2.47 bits per heavy atom. The van der Waals surface area contributed by atoms with Crippen LogP contribution in [0.3, 0.4) is 0 Å². The molecule has 0 bridgehead atoms. The van der Waals surface area contributed by atoms with Crippen molar-refractivity contribution >= 4 is 17.5 Å². The molecule has 2 aliphatic heterocycles. The van der Waals surface area contributed by atoms with E-state index in [0.717, 1.165) is 80.8 Å². The van der Waals surface area contributed by atoms with E-state index in [0.29, 0.717) is 10.9 Å². The number of rotatable bonds is 8. The van der Waals surface area contributed by atoms with Gasteiger partial charge in [0.25, 0.3) is 0 Å². The lowest BCUT2D eigenvalue weighted by Crippen LogP contribution is -2.42. The molecule has 0 saturated carbocycles. The van der Waals surface area contributed by atoms with Gasteiger partial charge in [-0.1, -0.05) is 25.4 Å². The highest BCUT2D eigenvalue weighted by molar-refractivity contribution is 6.30. The number of nitrogens with zero attached hydrogens (tertiary/aromatic N) is 3. The van der Waals surface area contributed by atoms with Crippen LogP contribution in [0.2, 0.25) is 5.02 Å². The van der Waals surface area contributed by atoms with Crippen LogP contribution < -0.4 is 5.32 Å². The Morgan fingerprint density at radius 2 is 1.79 bits per heavy atom. The highest BCUT2D eigenvalue weighted by atomic mass is 35.5. The molecule has 3 heterocycles. The molecule has 2 saturated heterocycles. The van der Waals surface area contributed by atoms with Crippen molar-refractivity contribution in [3.63, 3.8) is 0 Å². The zero-order valence-electron chi connectivity index (χ0n) is 20.9. The van der Waals surface area contributed by atoms with Gasteiger partial charge in [0.2, 0.25) is 11.8 Å². The molecule has 1 amide bonds. The summed E-state index contributed by atoms with van der Waals surface area (Å²) in [5.41, 5.74) is 1.90. The molecular weight excluding hydrogens is 448 g/mol. The van der Waals surface area contributed by atoms with Gasteiger partial charge in [-0.3, -0.25) is 9.69 Å². The first kappa shape index (κ1) is 25.2. The fourth-order valence-electron chi connectivity index (χ4n) is 5.49. The van der Waals surface area contributed by atoms with Gasteiger partial charge in [0.15, 0.2) is 0 Å². The van der Waals surface area contributed by atoms with Crippen LogP contribution in [0.1, 0.15) is 51.0 Å². The van der Waals surface area contributed by atoms with Crippen LogP contribution >= 0.6 is 11.6 Å². The second-order valence-electron chi connectivity index (χ2n) is 10.4. The van der Waals surface area contributed by atoms with E-state index in [2.05, 4.69) is 29.0 Å². The summed E-state index contributed by atoms with van der Waals surface area (Å²) >= 11 is 5.99. The number of hydrogen-bond donors (Lipinski definition) is 1. The molecule has 34 heavy (non-hydrogen) atoms. The van der Waals surface area contributed by atoms with Gasteiger partial charge in [0.05, 0.1) is 5.69 Å². The number of benzene rings is 1. The summed E-state index contributed by atoms with van der Waals surface area (Å²) < 4.78 is 5.90. The lowest BCUT2D eigenvalue weighted by molar-refractivity contribution is -0.126. The van der Waals surface area contributed by atoms with E-state index in [1.165, 1.54) is 19.5 Å². The Kier molecular flexibility index (Phi) is 8.67. The summed E-state index contributed by atoms with van der Waals surface area (Å²) in [4.78, 5) is 22.3. The number of amides is 1. The van der Waals surface area contributed by atoms with Crippen LogP contribution in [0, 0.1) is 24.7 Å². The number of piperidine rings is 2. The number of nitrogens with one attached hydrogen (secondary N) is 1. The van der Waals surface area contributed by atoms with Crippen LogP contribution in [0.15, 0.2) is 28.7 Å². The van der Waals surface area contributed by atoms with Crippen LogP contribution in [-0.4, -0.2) is 60.0 Å². The highest BCUT2D eigenvalue weighted by Gasteiger charge is 2.26. The second kappa shape index (κ2) is 11.7. The Hall–Kier alpha value is -1.89. The third kappa shape index (κ3) is 6.83. The van der Waals surface area contributed by atoms with Gasteiger partial charge in [-0.2, -0.15) is 0 Å². The predicted molar refractivity (Wildman–Crippen MR) is 137 cm³/mol. The minimum absolute atomic E-state index is 0.120. The maximum Gasteiger partial charge on any atom is 0.226 e. The monoisotopic (exact) mass is 486 g/mol. The number of carbonyl (C=O) groups excluding carboxylic acids is 1. The number of aromatic nitrogens is 1. The largest absolute Gasteiger partial charge is 0.441 e. The van der Waals surface area contributed by atoms with Gasteiger partial charge in [0, 0.05) is 42.7 Å². The van der Waals surface area contributed by atoms with Crippen molar-refractivity contribution in [2.24, 2.45) is 17.8 Å². The molecule has 186 valence electrons. The summed E-state index contributed by atoms with van der Waals surface area (Å²) in [7, 11) is 0. The Morgan fingerprint density at radius 1 is 1.12 bits per heavy atom. The van der Waals surface area contributed by atoms with Crippen molar-refractivity contribution in [1.29, 1.82) is 0 Å². The molecule has 2 fully saturated rings. The molecule has 2 aromatic rings. The van der Waals surface area contributed by atoms with Crippen molar-refractivity contribution < 1.29 is 9.21 Å². The fourth-order valence-corrected chi connectivity index (χ4v) is 5.61. The summed E-state index contributed by atoms with van der Waals surface area (Å²) in [5.74, 6) is 3.40. The molecule has 7 heteroatoms. The summed E-state index contributed by atoms with van der Waals surface area (Å²) in [6, 6.07) is 7.55. The third-order valence-electron chi connectivity index (χ3n) is 7.21. The third-order valence-corrected chi connectivity index (χ3v) is 7.46. The first-order valence-electron chi connectivity index (χ1n) is 12.8. The van der Waals surface area contributed by atoms with E-state index in [9.17, 15) is 4.79 Å². The molecule has 0 spiro atoms. The van der Waals surface area contributed by atoms with Gasteiger partial charge < -0.3 is 14.6 Å². The second-order valence-corrected chi connectivity index (χ2v) is 10.9. The summed E-state index contributed by atoms with van der Waals surface area (Å²) in [5, 5.41) is 3.89. The van der Waals surface area contributed by atoms with Gasteiger partial charge in [0.1, 0.15) is 5.76 Å². The topological polar surface area (TPSA) is 61.6 Å². The minimum atomic E-state index is 0.120. The molecule has 0 radical (unpaired) electrons. The van der Waals surface area contributed by atoms with Crippen molar-refractivity contribution in [3.05, 3.63) is 40.7 Å². The molecule has 1 aromatic heterocycles. The zero-order valence-corrected chi connectivity index (χ0v) is 21.6. The average Bonchev–Trinajstić information content (AvgIpc) is 3.17. The number of oxazole rings is 1. The van der Waals surface area contributed by atoms with Crippen LogP contribution in [0.4, 0.5) is 0 Å². The van der Waals surface area contributed by atoms with Gasteiger partial charge in [-0.05, 0) is 88.3 Å². The lowest BCUT2D eigenvalue weighted by atomic mass is 9.92. The first-order chi connectivity index (χ1) is 16.4. The van der Waals surface area contributed by atoms with Gasteiger partial charge in [-0.25, -0.2) is 4.98 Å². The quantitative estimate of drug-likeness (QED) is 0.532. The molecule has 1 N–H and O–H groups in total. The maximum atomic E-state index is 12.7. The minimum Gasteiger partial charge on any atom is -0.441 e. The standard InChI is InChI=1S/C27H39ClN4O2/c1-19-15-20(2)17-32(16-19)12-4-11-29-26(33)22-9-13-31(14-10-22)18-25-21(3)34-27(30-25)23-5-7-24(28)8-6-23/h5-8,19-20,22H,4,9-18H2,1-3H3,(H,29,33)/t19-,20-/m0/s1. The number of likely N-dealkylation sites (tertiary alicyclic amines) is 2. The number of aryl methyl sites for hydroxylation is 1. The van der Waals surface area contributed by atoms with E-state index >= 15 is 0 Å². The van der Waals surface area contributed by atoms with E-state index in [1.54, 1.807) is 0 Å². The predicted octanol–water partition coefficient (Wildman–Crippen LogP) is 5.00. The van der Waals surface area contributed by atoms with Gasteiger partial charge >= 0.3 is 0 Å². The number of hydrogen-bond acceptors (Lipinski definition) is 5. The van der Waals surface area contributed by atoms with E-state index < -0.39 is 0 Å². The molecule has 0 aliphatic carbocycles. The fraction of sp³-hybridized carbons (Fsp3) is 0.630. The SMILES string of the molecule is Cc1oc(-c2ccc(Cl)cc2)nc1CN1CCC(C(=O)NCCCN2C[C@@H](C)C[C@H](C)C2)CC1. The van der Waals surface area contributed by atoms with Crippen LogP contribution in [-0.2, 0) is 11.3 Å². The van der Waals surface area contributed by atoms with Crippen molar-refractivity contribution in [3.8, 4) is 11.5 Å². The zero-order chi connectivity index (χ0) is 24.1. The molecule has 0 unspecified atom stereocenters. The molecule has 2 atom stereocenters. The first-order valence-corrected chi connectivity index (χ1v) is 13.2. The molecule has 6 nitrogen and oxygen atoms in total. The molecule has 1 aromatic carbocycles. The van der Waals surface area contributed by atoms with Crippen LogP contribution in [0.5, 0.6) is 0 Å².